The highest BCUT2D eigenvalue weighted by molar-refractivity contribution is 7.16. The molecule has 4 rings (SSSR count). The highest BCUT2D eigenvalue weighted by Crippen LogP contribution is 2.38. The molecule has 6 heteroatoms. The number of nitriles is 1. The molecule has 1 aromatic carbocycles. The van der Waals surface area contributed by atoms with Crippen LogP contribution in [0, 0.1) is 11.3 Å². The fraction of sp³-hybridized carbons (Fsp3) is 0.238. The number of quaternary nitrogens is 1. The largest absolute Gasteiger partial charge is 0.328 e. The first-order valence-electron chi connectivity index (χ1n) is 9.02. The number of anilines is 1. The van der Waals surface area contributed by atoms with E-state index in [0.717, 1.165) is 24.8 Å². The van der Waals surface area contributed by atoms with Crippen LogP contribution >= 0.6 is 22.7 Å². The Morgan fingerprint density at radius 3 is 2.81 bits per heavy atom. The first-order chi connectivity index (χ1) is 13.3. The van der Waals surface area contributed by atoms with E-state index in [1.165, 1.54) is 15.3 Å². The van der Waals surface area contributed by atoms with Crippen LogP contribution in [0.5, 0.6) is 0 Å². The van der Waals surface area contributed by atoms with Crippen molar-refractivity contribution in [1.29, 1.82) is 5.26 Å². The van der Waals surface area contributed by atoms with Crippen molar-refractivity contribution in [3.8, 4) is 6.07 Å². The van der Waals surface area contributed by atoms with E-state index in [-0.39, 0.29) is 11.9 Å². The van der Waals surface area contributed by atoms with Gasteiger partial charge in [0.25, 0.3) is 5.91 Å². The number of aryl methyl sites for hydroxylation is 1. The quantitative estimate of drug-likeness (QED) is 0.672. The standard InChI is InChI=1S/C21H19N3OS2/c22-12-16-15-8-4-9-17(15)27-21(16)24-19(25)13-23-20(18-10-5-11-26-18)14-6-2-1-3-7-14/h1-3,5-7,10-11,20,23H,4,8-9,13H2,(H,24,25)/p+1/t20-/m0/s1. The Hall–Kier alpha value is -2.46. The lowest BCUT2D eigenvalue weighted by Gasteiger charge is -2.14. The van der Waals surface area contributed by atoms with E-state index in [0.29, 0.717) is 17.1 Å². The first kappa shape index (κ1) is 17.9. The maximum atomic E-state index is 12.6. The van der Waals surface area contributed by atoms with Crippen LogP contribution in [0.3, 0.4) is 0 Å². The Balaban J connectivity index is 1.46. The molecule has 0 fully saturated rings. The van der Waals surface area contributed by atoms with Crippen LogP contribution in [0.25, 0.3) is 0 Å². The summed E-state index contributed by atoms with van der Waals surface area (Å²) >= 11 is 3.26. The van der Waals surface area contributed by atoms with Gasteiger partial charge in [-0.15, -0.1) is 22.7 Å². The number of nitrogens with two attached hydrogens (primary N) is 1. The molecule has 1 amide bonds. The van der Waals surface area contributed by atoms with Crippen molar-refractivity contribution in [2.24, 2.45) is 0 Å². The lowest BCUT2D eigenvalue weighted by molar-refractivity contribution is -0.675. The molecule has 136 valence electrons. The van der Waals surface area contributed by atoms with Gasteiger partial charge in [0, 0.05) is 10.4 Å². The van der Waals surface area contributed by atoms with Crippen molar-refractivity contribution in [2.45, 2.75) is 25.3 Å². The number of fused-ring (bicyclic) bond motifs is 1. The molecule has 1 aliphatic carbocycles. The van der Waals surface area contributed by atoms with Crippen LogP contribution in [0.2, 0.25) is 0 Å². The van der Waals surface area contributed by atoms with Gasteiger partial charge in [-0.25, -0.2) is 0 Å². The normalized spacial score (nSPS) is 13.7. The second kappa shape index (κ2) is 8.05. The highest BCUT2D eigenvalue weighted by atomic mass is 32.1. The van der Waals surface area contributed by atoms with Crippen molar-refractivity contribution in [3.05, 3.63) is 74.3 Å². The molecule has 3 N–H and O–H groups in total. The summed E-state index contributed by atoms with van der Waals surface area (Å²) in [6.45, 7) is 0.310. The number of nitrogens with one attached hydrogen (secondary N) is 1. The number of rotatable bonds is 6. The minimum absolute atomic E-state index is 0.0658. The fourth-order valence-corrected chi connectivity index (χ4v) is 5.66. The SMILES string of the molecule is N#Cc1c(NC(=O)C[NH2+][C@@H](c2ccccc2)c2cccs2)sc2c1CCC2. The Kier molecular flexibility index (Phi) is 5.35. The number of amides is 1. The summed E-state index contributed by atoms with van der Waals surface area (Å²) in [6.07, 6.45) is 3.08. The van der Waals surface area contributed by atoms with Crippen LogP contribution in [0.1, 0.15) is 38.9 Å². The average molecular weight is 395 g/mol. The van der Waals surface area contributed by atoms with E-state index >= 15 is 0 Å². The second-order valence-corrected chi connectivity index (χ2v) is 8.65. The molecule has 4 nitrogen and oxygen atoms in total. The number of hydrogen-bond donors (Lipinski definition) is 2. The molecular weight excluding hydrogens is 374 g/mol. The minimum atomic E-state index is -0.0658. The van der Waals surface area contributed by atoms with Crippen molar-refractivity contribution in [2.75, 3.05) is 11.9 Å². The molecule has 0 unspecified atom stereocenters. The molecule has 0 saturated heterocycles. The second-order valence-electron chi connectivity index (χ2n) is 6.57. The summed E-state index contributed by atoms with van der Waals surface area (Å²) in [5.41, 5.74) is 2.99. The lowest BCUT2D eigenvalue weighted by Crippen LogP contribution is -2.87. The predicted octanol–water partition coefficient (Wildman–Crippen LogP) is 3.46. The number of thiophene rings is 2. The number of nitrogens with zero attached hydrogens (tertiary/aromatic N) is 1. The molecule has 0 bridgehead atoms. The maximum absolute atomic E-state index is 12.6. The third kappa shape index (κ3) is 3.81. The van der Waals surface area contributed by atoms with Crippen LogP contribution in [-0.2, 0) is 17.6 Å². The monoisotopic (exact) mass is 394 g/mol. The summed E-state index contributed by atoms with van der Waals surface area (Å²) in [5.74, 6) is -0.0658. The number of hydrogen-bond acceptors (Lipinski definition) is 4. The summed E-state index contributed by atoms with van der Waals surface area (Å²) in [7, 11) is 0. The lowest BCUT2D eigenvalue weighted by atomic mass is 10.1. The zero-order chi connectivity index (χ0) is 18.6. The van der Waals surface area contributed by atoms with Crippen LogP contribution in [0.15, 0.2) is 47.8 Å². The van der Waals surface area contributed by atoms with Gasteiger partial charge in [0.05, 0.1) is 10.4 Å². The van der Waals surface area contributed by atoms with Gasteiger partial charge in [-0.3, -0.25) is 4.79 Å². The Bertz CT molecular complexity index is 971. The smallest absolute Gasteiger partial charge is 0.280 e. The van der Waals surface area contributed by atoms with Crippen molar-refractivity contribution in [1.82, 2.24) is 0 Å². The predicted molar refractivity (Wildman–Crippen MR) is 109 cm³/mol. The number of carbonyl (C=O) groups is 1. The molecule has 1 atom stereocenters. The molecule has 0 aliphatic heterocycles. The molecular formula is C21H20N3OS2+. The summed E-state index contributed by atoms with van der Waals surface area (Å²) < 4.78 is 0. The Morgan fingerprint density at radius 2 is 2.07 bits per heavy atom. The maximum Gasteiger partial charge on any atom is 0.280 e. The van der Waals surface area contributed by atoms with Crippen molar-refractivity contribution in [3.63, 3.8) is 0 Å². The van der Waals surface area contributed by atoms with E-state index in [2.05, 4.69) is 40.3 Å². The summed E-state index contributed by atoms with van der Waals surface area (Å²) in [5, 5.41) is 17.3. The van der Waals surface area contributed by atoms with Gasteiger partial charge in [0.1, 0.15) is 17.1 Å². The van der Waals surface area contributed by atoms with Gasteiger partial charge in [0.15, 0.2) is 6.54 Å². The number of benzene rings is 1. The molecule has 2 heterocycles. The van der Waals surface area contributed by atoms with Gasteiger partial charge in [-0.1, -0.05) is 36.4 Å². The van der Waals surface area contributed by atoms with Gasteiger partial charge in [0.2, 0.25) is 0 Å². The molecule has 0 spiro atoms. The van der Waals surface area contributed by atoms with E-state index in [9.17, 15) is 10.1 Å². The topological polar surface area (TPSA) is 69.5 Å². The van der Waals surface area contributed by atoms with E-state index < -0.39 is 0 Å². The Labute approximate surface area is 166 Å². The van der Waals surface area contributed by atoms with Crippen molar-refractivity contribution < 1.29 is 10.1 Å². The van der Waals surface area contributed by atoms with Gasteiger partial charge in [-0.05, 0) is 36.3 Å². The molecule has 3 aromatic rings. The Morgan fingerprint density at radius 1 is 1.22 bits per heavy atom. The third-order valence-corrected chi connectivity index (χ3v) is 7.00. The van der Waals surface area contributed by atoms with E-state index in [1.54, 1.807) is 22.7 Å². The zero-order valence-corrected chi connectivity index (χ0v) is 16.4. The van der Waals surface area contributed by atoms with E-state index in [4.69, 9.17) is 0 Å². The molecule has 0 saturated carbocycles. The fourth-order valence-electron chi connectivity index (χ4n) is 3.56. The third-order valence-electron chi connectivity index (χ3n) is 4.83. The van der Waals surface area contributed by atoms with Gasteiger partial charge >= 0.3 is 0 Å². The molecule has 1 aliphatic rings. The zero-order valence-electron chi connectivity index (χ0n) is 14.8. The molecule has 2 aromatic heterocycles. The molecule has 0 radical (unpaired) electrons. The van der Waals surface area contributed by atoms with Gasteiger partial charge < -0.3 is 10.6 Å². The first-order valence-corrected chi connectivity index (χ1v) is 10.7. The summed E-state index contributed by atoms with van der Waals surface area (Å²) in [4.78, 5) is 15.1. The van der Waals surface area contributed by atoms with Gasteiger partial charge in [-0.2, -0.15) is 5.26 Å². The van der Waals surface area contributed by atoms with Crippen LogP contribution < -0.4 is 10.6 Å². The highest BCUT2D eigenvalue weighted by Gasteiger charge is 2.24. The minimum Gasteiger partial charge on any atom is -0.328 e. The summed E-state index contributed by atoms with van der Waals surface area (Å²) in [6, 6.07) is 16.8. The van der Waals surface area contributed by atoms with E-state index in [1.807, 2.05) is 24.3 Å². The van der Waals surface area contributed by atoms with Crippen LogP contribution in [0.4, 0.5) is 5.00 Å². The van der Waals surface area contributed by atoms with Crippen LogP contribution in [-0.4, -0.2) is 12.5 Å². The molecule has 27 heavy (non-hydrogen) atoms. The van der Waals surface area contributed by atoms with Crippen molar-refractivity contribution >= 4 is 33.6 Å². The number of carbonyl (C=O) groups excluding carboxylic acids is 1. The average Bonchev–Trinajstić information content (AvgIpc) is 3.40.